The second-order valence-electron chi connectivity index (χ2n) is 12.2. The smallest absolute Gasteiger partial charge is 0.213 e. The highest BCUT2D eigenvalue weighted by molar-refractivity contribution is 6.20. The molecule has 0 N–H and O–H groups in total. The zero-order chi connectivity index (χ0) is 30.9. The lowest BCUT2D eigenvalue weighted by Gasteiger charge is -2.11. The van der Waals surface area contributed by atoms with E-state index in [-0.39, 0.29) is 0 Å². The quantitative estimate of drug-likeness (QED) is 0.197. The Kier molecular flexibility index (Phi) is 5.57. The van der Waals surface area contributed by atoms with Crippen LogP contribution in [0.4, 0.5) is 0 Å². The molecule has 10 aromatic rings. The highest BCUT2D eigenvalue weighted by atomic mass is 16.3. The highest BCUT2D eigenvalue weighted by Crippen LogP contribution is 2.41. The Morgan fingerprint density at radius 1 is 0.340 bits per heavy atom. The minimum atomic E-state index is 0.875. The van der Waals surface area contributed by atoms with Crippen LogP contribution in [0.15, 0.2) is 174 Å². The molecule has 0 saturated heterocycles. The molecule has 0 unspecified atom stereocenters. The van der Waals surface area contributed by atoms with Crippen molar-refractivity contribution in [2.24, 2.45) is 0 Å². The van der Waals surface area contributed by atoms with E-state index < -0.39 is 0 Å². The summed E-state index contributed by atoms with van der Waals surface area (Å²) in [5.74, 6) is 0. The fourth-order valence-corrected chi connectivity index (χ4v) is 7.41. The molecule has 3 nitrogen and oxygen atoms in total. The van der Waals surface area contributed by atoms with Crippen molar-refractivity contribution in [2.75, 3.05) is 0 Å². The Morgan fingerprint density at radius 3 is 1.64 bits per heavy atom. The molecule has 0 aliphatic rings. The van der Waals surface area contributed by atoms with Crippen LogP contribution >= 0.6 is 0 Å². The van der Waals surface area contributed by atoms with Crippen molar-refractivity contribution in [3.8, 4) is 33.6 Å². The number of furan rings is 1. The van der Waals surface area contributed by atoms with E-state index in [9.17, 15) is 0 Å². The molecule has 0 aliphatic heterocycles. The molecule has 220 valence electrons. The van der Waals surface area contributed by atoms with Crippen LogP contribution in [0.5, 0.6) is 0 Å². The number of para-hydroxylation sites is 4. The van der Waals surface area contributed by atoms with Gasteiger partial charge in [-0.1, -0.05) is 109 Å². The molecule has 47 heavy (non-hydrogen) atoms. The predicted molar refractivity (Wildman–Crippen MR) is 196 cm³/mol. The first-order valence-corrected chi connectivity index (χ1v) is 16.0. The van der Waals surface area contributed by atoms with Gasteiger partial charge in [0.15, 0.2) is 0 Å². The van der Waals surface area contributed by atoms with Crippen molar-refractivity contribution in [1.82, 2.24) is 9.13 Å². The average Bonchev–Trinajstić information content (AvgIpc) is 3.79. The summed E-state index contributed by atoms with van der Waals surface area (Å²) in [6.45, 7) is 0. The van der Waals surface area contributed by atoms with Gasteiger partial charge in [0.05, 0.1) is 21.9 Å². The third-order valence-electron chi connectivity index (χ3n) is 9.51. The minimum Gasteiger partial charge on any atom is -0.439 e. The maximum absolute atomic E-state index is 6.50. The van der Waals surface area contributed by atoms with Gasteiger partial charge in [-0.15, -0.1) is 0 Å². The predicted octanol–water partition coefficient (Wildman–Crippen LogP) is 12.0. The first kappa shape index (κ1) is 26.0. The van der Waals surface area contributed by atoms with Gasteiger partial charge in [0.2, 0.25) is 5.71 Å². The van der Waals surface area contributed by atoms with Crippen molar-refractivity contribution in [3.63, 3.8) is 0 Å². The van der Waals surface area contributed by atoms with Gasteiger partial charge in [-0.05, 0) is 82.9 Å². The number of hydrogen-bond acceptors (Lipinski definition) is 1. The van der Waals surface area contributed by atoms with Crippen LogP contribution in [0.25, 0.3) is 88.4 Å². The summed E-state index contributed by atoms with van der Waals surface area (Å²) in [6, 6.07) is 60.7. The summed E-state index contributed by atoms with van der Waals surface area (Å²) in [7, 11) is 0. The van der Waals surface area contributed by atoms with Gasteiger partial charge >= 0.3 is 0 Å². The molecule has 0 amide bonds. The Balaban J connectivity index is 1.12. The Labute approximate surface area is 271 Å². The topological polar surface area (TPSA) is 23.0 Å². The lowest BCUT2D eigenvalue weighted by molar-refractivity contribution is 0.645. The van der Waals surface area contributed by atoms with Crippen LogP contribution in [0.1, 0.15) is 0 Å². The van der Waals surface area contributed by atoms with Crippen molar-refractivity contribution in [3.05, 3.63) is 170 Å². The number of hydrogen-bond donors (Lipinski definition) is 0. The SMILES string of the molecule is c1ccc(-n2c3ccc(-c4cccc(-c5cccc(-n6c7ccccc7c7ccccc76)c5)c4)cc3c3c4ccccc4oc32)cc1. The van der Waals surface area contributed by atoms with E-state index in [1.54, 1.807) is 0 Å². The number of aromatic nitrogens is 2. The molecule has 3 aromatic heterocycles. The molecule has 0 aliphatic carbocycles. The summed E-state index contributed by atoms with van der Waals surface area (Å²) in [6.07, 6.45) is 0. The van der Waals surface area contributed by atoms with E-state index in [4.69, 9.17) is 4.42 Å². The zero-order valence-corrected chi connectivity index (χ0v) is 25.5. The first-order chi connectivity index (χ1) is 23.3. The summed E-state index contributed by atoms with van der Waals surface area (Å²) < 4.78 is 11.1. The van der Waals surface area contributed by atoms with E-state index in [0.29, 0.717) is 0 Å². The number of rotatable bonds is 4. The largest absolute Gasteiger partial charge is 0.439 e. The van der Waals surface area contributed by atoms with Gasteiger partial charge in [-0.3, -0.25) is 4.57 Å². The van der Waals surface area contributed by atoms with Crippen molar-refractivity contribution < 1.29 is 4.42 Å². The van der Waals surface area contributed by atoms with Gasteiger partial charge in [0, 0.05) is 32.9 Å². The second-order valence-corrected chi connectivity index (χ2v) is 12.2. The minimum absolute atomic E-state index is 0.875. The van der Waals surface area contributed by atoms with Crippen LogP contribution in [0, 0.1) is 0 Å². The molecule has 0 fully saturated rings. The van der Waals surface area contributed by atoms with E-state index >= 15 is 0 Å². The number of fused-ring (bicyclic) bond motifs is 8. The summed E-state index contributed by atoms with van der Waals surface area (Å²) in [4.78, 5) is 0. The molecule has 0 bridgehead atoms. The highest BCUT2D eigenvalue weighted by Gasteiger charge is 2.20. The first-order valence-electron chi connectivity index (χ1n) is 16.0. The molecule has 7 aromatic carbocycles. The van der Waals surface area contributed by atoms with Crippen molar-refractivity contribution in [1.29, 1.82) is 0 Å². The van der Waals surface area contributed by atoms with Gasteiger partial charge in [-0.2, -0.15) is 0 Å². The maximum Gasteiger partial charge on any atom is 0.213 e. The Bertz CT molecular complexity index is 2740. The summed E-state index contributed by atoms with van der Waals surface area (Å²) >= 11 is 0. The normalized spacial score (nSPS) is 11.8. The fourth-order valence-electron chi connectivity index (χ4n) is 7.41. The molecule has 3 heteroatoms. The van der Waals surface area contributed by atoms with E-state index in [2.05, 4.69) is 173 Å². The molecule has 0 atom stereocenters. The van der Waals surface area contributed by atoms with Gasteiger partial charge < -0.3 is 8.98 Å². The molecule has 0 saturated carbocycles. The van der Waals surface area contributed by atoms with Gasteiger partial charge in [0.25, 0.3) is 0 Å². The van der Waals surface area contributed by atoms with Crippen LogP contribution in [0.2, 0.25) is 0 Å². The van der Waals surface area contributed by atoms with Crippen molar-refractivity contribution in [2.45, 2.75) is 0 Å². The second kappa shape index (κ2) is 10.1. The average molecular weight is 601 g/mol. The standard InChI is InChI=1S/C44H28N2O/c1-2-15-33(16-3-1)46-41-25-24-32(28-38(41)43-37-20-6-9-23-42(37)47-44(43)46)30-13-10-12-29(26-30)31-14-11-17-34(27-31)45-39-21-7-4-18-35(39)36-19-5-8-22-40(36)45/h1-28H. The molecule has 0 spiro atoms. The molecule has 0 radical (unpaired) electrons. The van der Waals surface area contributed by atoms with Crippen LogP contribution in [0.3, 0.4) is 0 Å². The van der Waals surface area contributed by atoms with Gasteiger partial charge in [-0.25, -0.2) is 0 Å². The number of benzene rings is 7. The lowest BCUT2D eigenvalue weighted by Crippen LogP contribution is -1.94. The van der Waals surface area contributed by atoms with E-state index in [1.165, 1.54) is 49.4 Å². The number of nitrogens with zero attached hydrogens (tertiary/aromatic N) is 2. The molecule has 3 heterocycles. The fraction of sp³-hybridized carbons (Fsp3) is 0. The zero-order valence-electron chi connectivity index (χ0n) is 25.5. The van der Waals surface area contributed by atoms with Crippen molar-refractivity contribution >= 4 is 54.8 Å². The third kappa shape index (κ3) is 3.93. The molecule has 10 rings (SSSR count). The lowest BCUT2D eigenvalue weighted by atomic mass is 9.97. The monoisotopic (exact) mass is 600 g/mol. The molecular weight excluding hydrogens is 572 g/mol. The third-order valence-corrected chi connectivity index (χ3v) is 9.51. The Hall–Kier alpha value is -6.32. The maximum atomic E-state index is 6.50. The Morgan fingerprint density at radius 2 is 0.894 bits per heavy atom. The van der Waals surface area contributed by atoms with E-state index in [0.717, 1.165) is 39.0 Å². The van der Waals surface area contributed by atoms with Crippen LogP contribution in [-0.4, -0.2) is 9.13 Å². The van der Waals surface area contributed by atoms with Crippen LogP contribution in [-0.2, 0) is 0 Å². The summed E-state index contributed by atoms with van der Waals surface area (Å²) in [5.41, 5.74) is 12.3. The van der Waals surface area contributed by atoms with E-state index in [1.807, 2.05) is 6.07 Å². The molecular formula is C44H28N2O. The summed E-state index contributed by atoms with van der Waals surface area (Å²) in [5, 5.41) is 6.01. The van der Waals surface area contributed by atoms with Crippen LogP contribution < -0.4 is 0 Å². The van der Waals surface area contributed by atoms with Gasteiger partial charge in [0.1, 0.15) is 5.58 Å².